The van der Waals surface area contributed by atoms with Crippen LogP contribution in [0.5, 0.6) is 0 Å². The van der Waals surface area contributed by atoms with Crippen LogP contribution < -0.4 is 0 Å². The topological polar surface area (TPSA) is 39.5 Å². The fraction of sp³-hybridized carbons (Fsp3) is 0.500. The van der Waals surface area contributed by atoms with Gasteiger partial charge in [-0.25, -0.2) is 0 Å². The van der Waals surface area contributed by atoms with Crippen LogP contribution in [-0.2, 0) is 3.07 Å². The molecule has 0 spiro atoms. The molecule has 1 aromatic rings. The summed E-state index contributed by atoms with van der Waals surface area (Å²) in [5, 5.41) is 8.87. The van der Waals surface area contributed by atoms with Gasteiger partial charge < -0.3 is 0 Å². The summed E-state index contributed by atoms with van der Waals surface area (Å²) in [7, 11) is 2.08. The number of rotatable bonds is 1. The molecule has 1 atom stereocenters. The van der Waals surface area contributed by atoms with E-state index in [1.807, 2.05) is 0 Å². The van der Waals surface area contributed by atoms with Crippen molar-refractivity contribution in [1.82, 2.24) is 9.80 Å². The van der Waals surface area contributed by atoms with Gasteiger partial charge in [0.25, 0.3) is 0 Å². The third-order valence-electron chi connectivity index (χ3n) is 3.84. The van der Waals surface area contributed by atoms with E-state index in [1.165, 1.54) is 12.1 Å². The standard InChI is InChI=1S/C14H16F2IN3O/c1-19-4-5-20-9-17(21-8-10(20)7-19)13-3-2-12(15)11(6-18)14(13)16/h2-3,10H,4-5,7-9H2,1H3. The van der Waals surface area contributed by atoms with Crippen molar-refractivity contribution >= 4 is 20.2 Å². The zero-order valence-electron chi connectivity index (χ0n) is 11.7. The molecule has 0 bridgehead atoms. The van der Waals surface area contributed by atoms with E-state index in [4.69, 9.17) is 8.33 Å². The molecule has 2 heterocycles. The Balaban J connectivity index is 1.82. The molecule has 1 unspecified atom stereocenters. The van der Waals surface area contributed by atoms with Crippen molar-refractivity contribution in [3.63, 3.8) is 0 Å². The van der Waals surface area contributed by atoms with E-state index in [1.54, 1.807) is 6.07 Å². The minimum absolute atomic E-state index is 0.358. The van der Waals surface area contributed by atoms with Crippen molar-refractivity contribution in [2.45, 2.75) is 6.04 Å². The third kappa shape index (κ3) is 2.90. The van der Waals surface area contributed by atoms with Crippen LogP contribution in [0.25, 0.3) is 0 Å². The molecule has 4 nitrogen and oxygen atoms in total. The van der Waals surface area contributed by atoms with Gasteiger partial charge in [0.15, 0.2) is 0 Å². The van der Waals surface area contributed by atoms with Gasteiger partial charge in [-0.15, -0.1) is 0 Å². The molecule has 0 aromatic heterocycles. The van der Waals surface area contributed by atoms with Crippen LogP contribution in [0.2, 0.25) is 0 Å². The Morgan fingerprint density at radius 1 is 1.38 bits per heavy atom. The Morgan fingerprint density at radius 2 is 2.19 bits per heavy atom. The molecule has 2 fully saturated rings. The predicted molar refractivity (Wildman–Crippen MR) is 82.6 cm³/mol. The first-order chi connectivity index (χ1) is 10.1. The zero-order valence-corrected chi connectivity index (χ0v) is 13.8. The third-order valence-corrected chi connectivity index (χ3v) is 8.58. The number of halogens is 3. The van der Waals surface area contributed by atoms with Gasteiger partial charge in [-0.2, -0.15) is 0 Å². The van der Waals surface area contributed by atoms with Gasteiger partial charge in [0.2, 0.25) is 0 Å². The number of nitrogens with zero attached hydrogens (tertiary/aromatic N) is 3. The van der Waals surface area contributed by atoms with Crippen molar-refractivity contribution in [1.29, 1.82) is 5.26 Å². The summed E-state index contributed by atoms with van der Waals surface area (Å²) >= 11 is -2.18. The normalized spacial score (nSPS) is 25.4. The van der Waals surface area contributed by atoms with E-state index < -0.39 is 37.4 Å². The van der Waals surface area contributed by atoms with Gasteiger partial charge >= 0.3 is 130 Å². The molecule has 0 aliphatic carbocycles. The Labute approximate surface area is 130 Å². The van der Waals surface area contributed by atoms with Crippen molar-refractivity contribution in [3.05, 3.63) is 32.9 Å². The fourth-order valence-electron chi connectivity index (χ4n) is 2.60. The summed E-state index contributed by atoms with van der Waals surface area (Å²) in [6.07, 6.45) is 0. The molecule has 1 aromatic carbocycles. The predicted octanol–water partition coefficient (Wildman–Crippen LogP) is 2.03. The number of hydrogen-bond acceptors (Lipinski definition) is 4. The molecular formula is C14H16F2IN3O. The summed E-state index contributed by atoms with van der Waals surface area (Å²) in [5.41, 5.74) is -0.492. The summed E-state index contributed by atoms with van der Waals surface area (Å²) in [6.45, 7) is 3.50. The molecule has 7 heteroatoms. The summed E-state index contributed by atoms with van der Waals surface area (Å²) in [4.78, 5) is 4.61. The first-order valence-corrected chi connectivity index (χ1v) is 10.2. The minimum atomic E-state index is -2.18. The first kappa shape index (κ1) is 15.1. The van der Waals surface area contributed by atoms with Crippen LogP contribution in [-0.4, -0.2) is 53.7 Å². The molecule has 21 heavy (non-hydrogen) atoms. The van der Waals surface area contributed by atoms with E-state index in [0.717, 1.165) is 24.2 Å². The Bertz CT molecular complexity index is 592. The molecule has 0 amide bonds. The number of alkyl halides is 1. The number of hydrogen-bond donors (Lipinski definition) is 0. The Morgan fingerprint density at radius 3 is 2.95 bits per heavy atom. The van der Waals surface area contributed by atoms with E-state index in [2.05, 4.69) is 16.8 Å². The summed E-state index contributed by atoms with van der Waals surface area (Å²) in [6, 6.07) is 4.59. The van der Waals surface area contributed by atoms with Gasteiger partial charge in [-0.3, -0.25) is 0 Å². The van der Waals surface area contributed by atoms with Crippen LogP contribution in [0.3, 0.4) is 0 Å². The van der Waals surface area contributed by atoms with Crippen molar-refractivity contribution < 1.29 is 11.8 Å². The second-order valence-corrected chi connectivity index (χ2v) is 9.57. The second kappa shape index (κ2) is 6.12. The van der Waals surface area contributed by atoms with Gasteiger partial charge in [-0.1, -0.05) is 0 Å². The van der Waals surface area contributed by atoms with Gasteiger partial charge in [-0.05, 0) is 0 Å². The first-order valence-electron chi connectivity index (χ1n) is 6.70. The fourth-order valence-corrected chi connectivity index (χ4v) is 7.42. The van der Waals surface area contributed by atoms with Crippen LogP contribution >= 0.6 is 20.2 Å². The van der Waals surface area contributed by atoms with Gasteiger partial charge in [0, 0.05) is 0 Å². The van der Waals surface area contributed by atoms with Crippen LogP contribution in [0.4, 0.5) is 8.78 Å². The Kier molecular flexibility index (Phi) is 4.40. The SMILES string of the molecule is CN1CCN2CI(c3ccc(F)c(C#N)c3F)OCC2C1. The van der Waals surface area contributed by atoms with E-state index >= 15 is 0 Å². The second-order valence-electron chi connectivity index (χ2n) is 5.27. The van der Waals surface area contributed by atoms with Crippen molar-refractivity contribution in [3.8, 4) is 6.07 Å². The molecular weight excluding hydrogens is 391 g/mol. The number of likely N-dealkylation sites (N-methyl/N-ethyl adjacent to an activating group) is 1. The maximum absolute atomic E-state index is 14.3. The van der Waals surface area contributed by atoms with E-state index in [9.17, 15) is 8.78 Å². The average Bonchev–Trinajstić information content (AvgIpc) is 2.47. The molecule has 0 N–H and O–H groups in total. The molecule has 2 saturated heterocycles. The van der Waals surface area contributed by atoms with Crippen LogP contribution in [0.1, 0.15) is 5.56 Å². The van der Waals surface area contributed by atoms with Crippen molar-refractivity contribution in [2.24, 2.45) is 0 Å². The molecule has 0 saturated carbocycles. The maximum atomic E-state index is 14.3. The molecule has 3 rings (SSSR count). The average molecular weight is 407 g/mol. The van der Waals surface area contributed by atoms with E-state index in [-0.39, 0.29) is 0 Å². The zero-order chi connectivity index (χ0) is 15.0. The number of nitriles is 1. The van der Waals surface area contributed by atoms with Crippen molar-refractivity contribution in [2.75, 3.05) is 37.8 Å². The number of benzene rings is 1. The number of fused-ring (bicyclic) bond motifs is 1. The quantitative estimate of drug-likeness (QED) is 0.309. The summed E-state index contributed by atoms with van der Waals surface area (Å²) < 4.78 is 34.8. The molecule has 114 valence electrons. The van der Waals surface area contributed by atoms with Crippen LogP contribution in [0.15, 0.2) is 12.1 Å². The monoisotopic (exact) mass is 407 g/mol. The molecule has 2 aliphatic heterocycles. The number of piperazine rings is 1. The van der Waals surface area contributed by atoms with E-state index in [0.29, 0.717) is 16.2 Å². The molecule has 0 radical (unpaired) electrons. The Hall–Kier alpha value is -0.820. The van der Waals surface area contributed by atoms with Crippen LogP contribution in [0, 0.1) is 26.5 Å². The molecule has 2 aliphatic rings. The summed E-state index contributed by atoms with van der Waals surface area (Å²) in [5.74, 6) is -1.53. The van der Waals surface area contributed by atoms with Gasteiger partial charge in [0.05, 0.1) is 0 Å². The van der Waals surface area contributed by atoms with Gasteiger partial charge in [0.1, 0.15) is 0 Å².